The summed E-state index contributed by atoms with van der Waals surface area (Å²) in [7, 11) is 0. The molecule has 1 aliphatic rings. The molecule has 0 atom stereocenters. The van der Waals surface area contributed by atoms with Crippen molar-refractivity contribution in [3.63, 3.8) is 0 Å². The minimum Gasteiger partial charge on any atom is -0.372 e. The first-order chi connectivity index (χ1) is 11.3. The van der Waals surface area contributed by atoms with Crippen molar-refractivity contribution in [2.75, 3.05) is 18.0 Å². The second-order valence-electron chi connectivity index (χ2n) is 5.82. The Morgan fingerprint density at radius 1 is 1.13 bits per heavy atom. The molecule has 1 saturated heterocycles. The zero-order valence-corrected chi connectivity index (χ0v) is 14.0. The zero-order valence-electron chi connectivity index (χ0n) is 13.2. The van der Waals surface area contributed by atoms with Gasteiger partial charge in [-0.05, 0) is 65.4 Å². The standard InChI is InChI=1S/C19H22N2OS/c22-19(9-6-17-10-13-23-15-17)20-14-16-4-7-18(8-5-16)21-11-2-1-3-12-21/h4-10,13,15H,1-3,11-12,14H2,(H,20,22). The summed E-state index contributed by atoms with van der Waals surface area (Å²) in [6.07, 6.45) is 7.34. The number of carbonyl (C=O) groups is 1. The molecule has 1 amide bonds. The van der Waals surface area contributed by atoms with E-state index in [0.717, 1.165) is 24.2 Å². The number of nitrogens with zero attached hydrogens (tertiary/aromatic N) is 1. The van der Waals surface area contributed by atoms with E-state index in [1.807, 2.05) is 22.9 Å². The average Bonchev–Trinajstić information content (AvgIpc) is 3.13. The topological polar surface area (TPSA) is 32.3 Å². The summed E-state index contributed by atoms with van der Waals surface area (Å²) in [5.41, 5.74) is 3.48. The van der Waals surface area contributed by atoms with Gasteiger partial charge in [0.25, 0.3) is 0 Å². The smallest absolute Gasteiger partial charge is 0.244 e. The van der Waals surface area contributed by atoms with Crippen molar-refractivity contribution in [3.05, 3.63) is 58.3 Å². The highest BCUT2D eigenvalue weighted by molar-refractivity contribution is 7.08. The molecule has 1 fully saturated rings. The minimum atomic E-state index is -0.0590. The third-order valence-corrected chi connectivity index (χ3v) is 4.80. The molecule has 23 heavy (non-hydrogen) atoms. The van der Waals surface area contributed by atoms with E-state index in [9.17, 15) is 4.79 Å². The van der Waals surface area contributed by atoms with Crippen molar-refractivity contribution >= 4 is 29.0 Å². The van der Waals surface area contributed by atoms with Crippen LogP contribution in [0.15, 0.2) is 47.2 Å². The molecule has 0 unspecified atom stereocenters. The quantitative estimate of drug-likeness (QED) is 0.840. The number of piperidine rings is 1. The number of rotatable bonds is 5. The maximum Gasteiger partial charge on any atom is 0.244 e. The van der Waals surface area contributed by atoms with Crippen molar-refractivity contribution in [2.45, 2.75) is 25.8 Å². The number of anilines is 1. The SMILES string of the molecule is O=C(C=Cc1ccsc1)NCc1ccc(N2CCCCC2)cc1. The maximum atomic E-state index is 11.8. The number of hydrogen-bond donors (Lipinski definition) is 1. The second-order valence-corrected chi connectivity index (χ2v) is 6.60. The first kappa shape index (κ1) is 15.8. The summed E-state index contributed by atoms with van der Waals surface area (Å²) in [5.74, 6) is -0.0590. The summed E-state index contributed by atoms with van der Waals surface area (Å²) >= 11 is 1.63. The van der Waals surface area contributed by atoms with E-state index in [-0.39, 0.29) is 5.91 Å². The molecular formula is C19H22N2OS. The highest BCUT2D eigenvalue weighted by Crippen LogP contribution is 2.20. The van der Waals surface area contributed by atoms with Gasteiger partial charge in [0.05, 0.1) is 0 Å². The number of benzene rings is 1. The van der Waals surface area contributed by atoms with E-state index in [1.54, 1.807) is 17.4 Å². The molecule has 0 saturated carbocycles. The van der Waals surface area contributed by atoms with Gasteiger partial charge in [-0.25, -0.2) is 0 Å². The molecule has 1 aliphatic heterocycles. The number of nitrogens with one attached hydrogen (secondary N) is 1. The molecule has 2 aromatic rings. The molecule has 0 bridgehead atoms. The van der Waals surface area contributed by atoms with Crippen LogP contribution < -0.4 is 10.2 Å². The van der Waals surface area contributed by atoms with Crippen molar-refractivity contribution in [3.8, 4) is 0 Å². The van der Waals surface area contributed by atoms with Crippen molar-refractivity contribution < 1.29 is 4.79 Å². The Morgan fingerprint density at radius 2 is 1.91 bits per heavy atom. The fraction of sp³-hybridized carbons (Fsp3) is 0.316. The molecular weight excluding hydrogens is 304 g/mol. The zero-order chi connectivity index (χ0) is 15.9. The van der Waals surface area contributed by atoms with Gasteiger partial charge in [-0.2, -0.15) is 11.3 Å². The average molecular weight is 326 g/mol. The first-order valence-electron chi connectivity index (χ1n) is 8.13. The van der Waals surface area contributed by atoms with Gasteiger partial charge in [0.2, 0.25) is 5.91 Å². The van der Waals surface area contributed by atoms with Crippen LogP contribution in [-0.4, -0.2) is 19.0 Å². The summed E-state index contributed by atoms with van der Waals surface area (Å²) < 4.78 is 0. The van der Waals surface area contributed by atoms with Crippen molar-refractivity contribution in [1.29, 1.82) is 0 Å². The van der Waals surface area contributed by atoms with E-state index in [2.05, 4.69) is 34.5 Å². The minimum absolute atomic E-state index is 0.0590. The lowest BCUT2D eigenvalue weighted by Crippen LogP contribution is -2.29. The molecule has 0 radical (unpaired) electrons. The molecule has 3 rings (SSSR count). The van der Waals surface area contributed by atoms with Crippen LogP contribution in [0.2, 0.25) is 0 Å². The predicted molar refractivity (Wildman–Crippen MR) is 97.7 cm³/mol. The molecule has 1 N–H and O–H groups in total. The summed E-state index contributed by atoms with van der Waals surface area (Å²) in [6.45, 7) is 2.88. The van der Waals surface area contributed by atoms with Gasteiger partial charge >= 0.3 is 0 Å². The Kier molecular flexibility index (Phi) is 5.48. The molecule has 3 nitrogen and oxygen atoms in total. The molecule has 1 aromatic heterocycles. The Labute approximate surface area is 141 Å². The van der Waals surface area contributed by atoms with Crippen LogP contribution >= 0.6 is 11.3 Å². The summed E-state index contributed by atoms with van der Waals surface area (Å²) in [4.78, 5) is 14.3. The van der Waals surface area contributed by atoms with Gasteiger partial charge in [0.1, 0.15) is 0 Å². The van der Waals surface area contributed by atoms with Crippen LogP contribution in [0.4, 0.5) is 5.69 Å². The molecule has 0 spiro atoms. The van der Waals surface area contributed by atoms with E-state index < -0.39 is 0 Å². The van der Waals surface area contributed by atoms with E-state index in [1.165, 1.54) is 24.9 Å². The summed E-state index contributed by atoms with van der Waals surface area (Å²) in [5, 5.41) is 6.94. The molecule has 0 aliphatic carbocycles. The van der Waals surface area contributed by atoms with E-state index >= 15 is 0 Å². The maximum absolute atomic E-state index is 11.8. The number of amides is 1. The molecule has 4 heteroatoms. The predicted octanol–water partition coefficient (Wildman–Crippen LogP) is 4.07. The Bertz CT molecular complexity index is 641. The van der Waals surface area contributed by atoms with Crippen molar-refractivity contribution in [2.24, 2.45) is 0 Å². The normalized spacial score (nSPS) is 15.0. The van der Waals surface area contributed by atoms with Crippen LogP contribution in [0.1, 0.15) is 30.4 Å². The number of carbonyl (C=O) groups excluding carboxylic acids is 1. The van der Waals surface area contributed by atoms with Crippen LogP contribution in [-0.2, 0) is 11.3 Å². The van der Waals surface area contributed by atoms with Crippen LogP contribution in [0.25, 0.3) is 6.08 Å². The van der Waals surface area contributed by atoms with Crippen LogP contribution in [0.5, 0.6) is 0 Å². The molecule has 1 aromatic carbocycles. The van der Waals surface area contributed by atoms with Gasteiger partial charge in [0, 0.05) is 31.4 Å². The van der Waals surface area contributed by atoms with Gasteiger partial charge < -0.3 is 10.2 Å². The van der Waals surface area contributed by atoms with Gasteiger partial charge in [-0.1, -0.05) is 12.1 Å². The largest absolute Gasteiger partial charge is 0.372 e. The fourth-order valence-electron chi connectivity index (χ4n) is 2.77. The van der Waals surface area contributed by atoms with Gasteiger partial charge in [0.15, 0.2) is 0 Å². The van der Waals surface area contributed by atoms with E-state index in [0.29, 0.717) is 6.54 Å². The van der Waals surface area contributed by atoms with Crippen LogP contribution in [0.3, 0.4) is 0 Å². The summed E-state index contributed by atoms with van der Waals surface area (Å²) in [6, 6.07) is 10.5. The third-order valence-electron chi connectivity index (χ3n) is 4.09. The van der Waals surface area contributed by atoms with Gasteiger partial charge in [-0.15, -0.1) is 0 Å². The molecule has 2 heterocycles. The number of thiophene rings is 1. The Morgan fingerprint density at radius 3 is 2.61 bits per heavy atom. The highest BCUT2D eigenvalue weighted by Gasteiger charge is 2.10. The number of hydrogen-bond acceptors (Lipinski definition) is 3. The Hall–Kier alpha value is -2.07. The highest BCUT2D eigenvalue weighted by atomic mass is 32.1. The van der Waals surface area contributed by atoms with E-state index in [4.69, 9.17) is 0 Å². The lowest BCUT2D eigenvalue weighted by Gasteiger charge is -2.28. The van der Waals surface area contributed by atoms with Crippen LogP contribution in [0, 0.1) is 0 Å². The third kappa shape index (κ3) is 4.70. The lowest BCUT2D eigenvalue weighted by atomic mass is 10.1. The van der Waals surface area contributed by atoms with Crippen molar-refractivity contribution in [1.82, 2.24) is 5.32 Å². The fourth-order valence-corrected chi connectivity index (χ4v) is 3.40. The molecule has 120 valence electrons. The monoisotopic (exact) mass is 326 g/mol. The first-order valence-corrected chi connectivity index (χ1v) is 9.07. The lowest BCUT2D eigenvalue weighted by molar-refractivity contribution is -0.116. The second kappa shape index (κ2) is 7.97. The Balaban J connectivity index is 1.49. The van der Waals surface area contributed by atoms with Gasteiger partial charge in [-0.3, -0.25) is 4.79 Å².